The summed E-state index contributed by atoms with van der Waals surface area (Å²) in [6, 6.07) is 1.73. The van der Waals surface area contributed by atoms with E-state index in [-0.39, 0.29) is 33.2 Å². The summed E-state index contributed by atoms with van der Waals surface area (Å²) in [7, 11) is 0. The molecule has 4 nitrogen and oxygen atoms in total. The maximum Gasteiger partial charge on any atom is 0.309 e. The van der Waals surface area contributed by atoms with Crippen LogP contribution < -0.4 is 0 Å². The number of allylic oxidation sites excluding steroid dienone is 3. The van der Waals surface area contributed by atoms with E-state index in [1.165, 1.54) is 5.57 Å². The second kappa shape index (κ2) is 6.46. The number of aliphatic carboxylic acids is 1. The second-order valence-electron chi connectivity index (χ2n) is 12.7. The van der Waals surface area contributed by atoms with Gasteiger partial charge in [0.25, 0.3) is 0 Å². The van der Waals surface area contributed by atoms with E-state index in [1.807, 2.05) is 13.8 Å². The molecule has 4 aliphatic carbocycles. The van der Waals surface area contributed by atoms with Crippen molar-refractivity contribution in [2.45, 2.75) is 80.1 Å². The zero-order valence-corrected chi connectivity index (χ0v) is 20.9. The Labute approximate surface area is 197 Å². The molecule has 6 atom stereocenters. The SMILES string of the molecule is Cc1c(O)c(O)cc2c1C=CC1(C)C2=CCC2(C)C3CC(C)(C(=O)O)CCC3(C)CCC12C. The van der Waals surface area contributed by atoms with Crippen molar-refractivity contribution in [2.75, 3.05) is 0 Å². The summed E-state index contributed by atoms with van der Waals surface area (Å²) < 4.78 is 0. The fourth-order valence-electron chi connectivity index (χ4n) is 8.43. The van der Waals surface area contributed by atoms with Crippen molar-refractivity contribution in [2.24, 2.45) is 33.0 Å². The summed E-state index contributed by atoms with van der Waals surface area (Å²) in [5.41, 5.74) is 3.13. The predicted molar refractivity (Wildman–Crippen MR) is 131 cm³/mol. The van der Waals surface area contributed by atoms with Gasteiger partial charge < -0.3 is 15.3 Å². The number of hydrogen-bond donors (Lipinski definition) is 3. The van der Waals surface area contributed by atoms with Gasteiger partial charge in [0.1, 0.15) is 0 Å². The number of benzene rings is 1. The first-order chi connectivity index (χ1) is 15.2. The molecule has 0 spiro atoms. The Balaban J connectivity index is 1.68. The molecule has 2 fully saturated rings. The third-order valence-corrected chi connectivity index (χ3v) is 11.4. The van der Waals surface area contributed by atoms with Gasteiger partial charge in [-0.05, 0) is 97.3 Å². The molecule has 5 rings (SSSR count). The van der Waals surface area contributed by atoms with Crippen LogP contribution in [0.1, 0.15) is 89.8 Å². The molecule has 0 radical (unpaired) electrons. The quantitative estimate of drug-likeness (QED) is 0.405. The van der Waals surface area contributed by atoms with Gasteiger partial charge in [-0.3, -0.25) is 4.79 Å². The minimum atomic E-state index is -0.661. The number of hydrogen-bond acceptors (Lipinski definition) is 3. The summed E-state index contributed by atoms with van der Waals surface area (Å²) in [6.45, 7) is 13.4. The Morgan fingerprint density at radius 2 is 1.70 bits per heavy atom. The topological polar surface area (TPSA) is 77.8 Å². The molecule has 4 aliphatic rings. The van der Waals surface area contributed by atoms with Gasteiger partial charge in [0, 0.05) is 11.0 Å². The van der Waals surface area contributed by atoms with Crippen LogP contribution in [0.4, 0.5) is 0 Å². The minimum Gasteiger partial charge on any atom is -0.504 e. The lowest BCUT2D eigenvalue weighted by molar-refractivity contribution is -0.188. The molecule has 0 heterocycles. The molecule has 0 saturated heterocycles. The molecule has 0 amide bonds. The molecule has 4 heteroatoms. The summed E-state index contributed by atoms with van der Waals surface area (Å²) in [6.07, 6.45) is 12.4. The molecule has 3 N–H and O–H groups in total. The van der Waals surface area contributed by atoms with Gasteiger partial charge in [-0.1, -0.05) is 45.9 Å². The Morgan fingerprint density at radius 1 is 1.03 bits per heavy atom. The highest BCUT2D eigenvalue weighted by atomic mass is 16.4. The highest BCUT2D eigenvalue weighted by Gasteiger charge is 2.68. The molecule has 0 aliphatic heterocycles. The van der Waals surface area contributed by atoms with Crippen LogP contribution in [0.3, 0.4) is 0 Å². The van der Waals surface area contributed by atoms with E-state index in [0.717, 1.165) is 49.7 Å². The number of carboxylic acid groups (broad SMARTS) is 1. The molecule has 178 valence electrons. The van der Waals surface area contributed by atoms with Crippen molar-refractivity contribution in [3.8, 4) is 11.5 Å². The second-order valence-corrected chi connectivity index (χ2v) is 12.7. The predicted octanol–water partition coefficient (Wildman–Crippen LogP) is 6.93. The summed E-state index contributed by atoms with van der Waals surface area (Å²) in [5, 5.41) is 30.8. The fraction of sp³-hybridized carbons (Fsp3) is 0.621. The molecular weight excluding hydrogens is 412 g/mol. The summed E-state index contributed by atoms with van der Waals surface area (Å²) in [5.74, 6) is -0.434. The van der Waals surface area contributed by atoms with Crippen LogP contribution >= 0.6 is 0 Å². The lowest BCUT2D eigenvalue weighted by Crippen LogP contribution is -2.63. The molecule has 1 aromatic rings. The smallest absolute Gasteiger partial charge is 0.309 e. The maximum absolute atomic E-state index is 12.3. The fourth-order valence-corrected chi connectivity index (χ4v) is 8.43. The highest BCUT2D eigenvalue weighted by Crippen LogP contribution is 2.76. The van der Waals surface area contributed by atoms with Crippen LogP contribution in [0.25, 0.3) is 11.6 Å². The van der Waals surface area contributed by atoms with Crippen LogP contribution in [0.15, 0.2) is 18.2 Å². The Kier molecular flexibility index (Phi) is 4.41. The van der Waals surface area contributed by atoms with Crippen molar-refractivity contribution in [1.82, 2.24) is 0 Å². The first-order valence-corrected chi connectivity index (χ1v) is 12.4. The Hall–Kier alpha value is -2.23. The number of phenols is 2. The number of carbonyl (C=O) groups is 1. The highest BCUT2D eigenvalue weighted by molar-refractivity contribution is 5.87. The van der Waals surface area contributed by atoms with Crippen LogP contribution in [-0.2, 0) is 4.79 Å². The summed E-state index contributed by atoms with van der Waals surface area (Å²) >= 11 is 0. The third-order valence-electron chi connectivity index (χ3n) is 11.4. The molecular formula is C29H38O4. The van der Waals surface area contributed by atoms with Gasteiger partial charge >= 0.3 is 5.97 Å². The molecule has 33 heavy (non-hydrogen) atoms. The van der Waals surface area contributed by atoms with E-state index in [1.54, 1.807) is 6.07 Å². The molecule has 1 aromatic carbocycles. The van der Waals surface area contributed by atoms with E-state index in [4.69, 9.17) is 0 Å². The maximum atomic E-state index is 12.3. The van der Waals surface area contributed by atoms with Crippen molar-refractivity contribution in [3.63, 3.8) is 0 Å². The molecule has 0 aromatic heterocycles. The van der Waals surface area contributed by atoms with Crippen LogP contribution in [0.2, 0.25) is 0 Å². The van der Waals surface area contributed by atoms with Crippen molar-refractivity contribution >= 4 is 17.6 Å². The molecule has 0 bridgehead atoms. The van der Waals surface area contributed by atoms with E-state index in [2.05, 4.69) is 45.9 Å². The number of phenolic OH excluding ortho intramolecular Hbond substituents is 2. The van der Waals surface area contributed by atoms with E-state index in [0.29, 0.717) is 11.5 Å². The van der Waals surface area contributed by atoms with Crippen LogP contribution in [0, 0.1) is 39.9 Å². The first-order valence-electron chi connectivity index (χ1n) is 12.4. The average Bonchev–Trinajstić information content (AvgIpc) is 2.75. The number of aromatic hydroxyl groups is 2. The van der Waals surface area contributed by atoms with Crippen molar-refractivity contribution < 1.29 is 20.1 Å². The van der Waals surface area contributed by atoms with E-state index in [9.17, 15) is 20.1 Å². The van der Waals surface area contributed by atoms with Gasteiger partial charge in [0.2, 0.25) is 0 Å². The van der Waals surface area contributed by atoms with Gasteiger partial charge in [-0.15, -0.1) is 0 Å². The van der Waals surface area contributed by atoms with Gasteiger partial charge in [0.05, 0.1) is 5.41 Å². The molecule has 6 unspecified atom stereocenters. The van der Waals surface area contributed by atoms with E-state index >= 15 is 0 Å². The lowest BCUT2D eigenvalue weighted by atomic mass is 9.33. The standard InChI is InChI=1S/C29H38O4/c1-17-18-7-9-27(4)20(19(18)15-21(30)23(17)31)8-10-28(5)22-16-26(3,24(32)33)12-11-25(22,2)13-14-29(27,28)6/h7-9,15,22,30-31H,10-14,16H2,1-6H3,(H,32,33). The normalized spacial score (nSPS) is 43.6. The van der Waals surface area contributed by atoms with Gasteiger partial charge in [0.15, 0.2) is 11.5 Å². The largest absolute Gasteiger partial charge is 0.504 e. The Morgan fingerprint density at radius 3 is 2.36 bits per heavy atom. The minimum absolute atomic E-state index is 0.0365. The van der Waals surface area contributed by atoms with Gasteiger partial charge in [-0.2, -0.15) is 0 Å². The average molecular weight is 451 g/mol. The number of fused-ring (bicyclic) bond motifs is 7. The molecule has 2 saturated carbocycles. The zero-order chi connectivity index (χ0) is 24.2. The van der Waals surface area contributed by atoms with Crippen molar-refractivity contribution in [1.29, 1.82) is 0 Å². The summed E-state index contributed by atoms with van der Waals surface area (Å²) in [4.78, 5) is 12.3. The third kappa shape index (κ3) is 2.56. The lowest BCUT2D eigenvalue weighted by Gasteiger charge is -2.70. The van der Waals surface area contributed by atoms with E-state index < -0.39 is 11.4 Å². The first kappa shape index (κ1) is 22.6. The van der Waals surface area contributed by atoms with Gasteiger partial charge in [-0.25, -0.2) is 0 Å². The monoisotopic (exact) mass is 450 g/mol. The van der Waals surface area contributed by atoms with Crippen LogP contribution in [0.5, 0.6) is 11.5 Å². The number of rotatable bonds is 1. The Bertz CT molecular complexity index is 1130. The zero-order valence-electron chi connectivity index (χ0n) is 20.9. The number of carboxylic acids is 1. The van der Waals surface area contributed by atoms with Crippen LogP contribution in [-0.4, -0.2) is 21.3 Å². The van der Waals surface area contributed by atoms with Crippen molar-refractivity contribution in [3.05, 3.63) is 34.9 Å².